The molecule has 2 rings (SSSR count). The number of benzene rings is 2. The fraction of sp³-hybridized carbons (Fsp3) is 0.235. The molecule has 1 N–H and O–H groups in total. The van der Waals surface area contributed by atoms with Crippen molar-refractivity contribution < 1.29 is 18.3 Å². The van der Waals surface area contributed by atoms with Crippen LogP contribution < -0.4 is 10.1 Å². The maximum absolute atomic E-state index is 13.5. The topological polar surface area (TPSA) is 41.6 Å². The molecule has 0 bridgehead atoms. The number of ether oxygens (including phenoxy) is 1. The highest BCUT2D eigenvalue weighted by Gasteiger charge is 2.13. The number of nitrogens with zero attached hydrogens (tertiary/aromatic N) is 1. The minimum atomic E-state index is -0.810. The number of nitrogens with one attached hydrogen (secondary N) is 1. The van der Waals surface area contributed by atoms with Crippen molar-refractivity contribution in [2.45, 2.75) is 0 Å². The highest BCUT2D eigenvalue weighted by Crippen LogP contribution is 2.18. The van der Waals surface area contributed by atoms with Crippen molar-refractivity contribution in [3.63, 3.8) is 0 Å². The van der Waals surface area contributed by atoms with Gasteiger partial charge < -0.3 is 10.1 Å². The number of amides is 1. The Morgan fingerprint density at radius 3 is 2.54 bits per heavy atom. The molecule has 0 atom stereocenters. The Kier molecular flexibility index (Phi) is 6.52. The maximum atomic E-state index is 13.5. The van der Waals surface area contributed by atoms with Gasteiger partial charge in [0.25, 0.3) is 0 Å². The summed E-state index contributed by atoms with van der Waals surface area (Å²) in [6.07, 6.45) is 0. The van der Waals surface area contributed by atoms with Gasteiger partial charge in [-0.15, -0.1) is 0 Å². The van der Waals surface area contributed by atoms with Gasteiger partial charge in [0, 0.05) is 11.6 Å². The van der Waals surface area contributed by atoms with Gasteiger partial charge in [-0.05, 0) is 37.4 Å². The molecule has 2 aromatic rings. The summed E-state index contributed by atoms with van der Waals surface area (Å²) in [4.78, 5) is 13.5. The molecule has 0 radical (unpaired) electrons. The number of hydrogen-bond acceptors (Lipinski definition) is 3. The number of likely N-dealkylation sites (N-methyl/N-ethyl adjacent to an activating group) is 1. The predicted molar refractivity (Wildman–Crippen MR) is 89.4 cm³/mol. The van der Waals surface area contributed by atoms with Crippen molar-refractivity contribution >= 4 is 23.2 Å². The van der Waals surface area contributed by atoms with Gasteiger partial charge in [-0.2, -0.15) is 0 Å². The summed E-state index contributed by atoms with van der Waals surface area (Å²) in [5, 5.41) is 2.81. The number of rotatable bonds is 7. The van der Waals surface area contributed by atoms with Crippen LogP contribution in [0.5, 0.6) is 5.75 Å². The number of para-hydroxylation sites is 1. The molecule has 0 saturated carbocycles. The Morgan fingerprint density at radius 2 is 1.88 bits per heavy atom. The van der Waals surface area contributed by atoms with Gasteiger partial charge in [0.05, 0.1) is 6.54 Å². The second kappa shape index (κ2) is 8.61. The van der Waals surface area contributed by atoms with Gasteiger partial charge in [0.1, 0.15) is 29.7 Å². The molecular formula is C17H17ClF2N2O2. The van der Waals surface area contributed by atoms with Crippen LogP contribution in [0.25, 0.3) is 0 Å². The average molecular weight is 355 g/mol. The van der Waals surface area contributed by atoms with Gasteiger partial charge in [0.15, 0.2) is 0 Å². The highest BCUT2D eigenvalue weighted by molar-refractivity contribution is 6.30. The fourth-order valence-corrected chi connectivity index (χ4v) is 2.18. The third-order valence-electron chi connectivity index (χ3n) is 3.18. The Balaban J connectivity index is 1.77. The largest absolute Gasteiger partial charge is 0.492 e. The van der Waals surface area contributed by atoms with E-state index in [1.807, 2.05) is 0 Å². The molecule has 0 unspecified atom stereocenters. The lowest BCUT2D eigenvalue weighted by Gasteiger charge is -2.17. The van der Waals surface area contributed by atoms with Crippen LogP contribution in [0.15, 0.2) is 42.5 Å². The van der Waals surface area contributed by atoms with Gasteiger partial charge in [0.2, 0.25) is 5.91 Å². The van der Waals surface area contributed by atoms with Crippen LogP contribution in [0.1, 0.15) is 0 Å². The molecule has 1 amide bonds. The molecule has 4 nitrogen and oxygen atoms in total. The van der Waals surface area contributed by atoms with Crippen LogP contribution in [0, 0.1) is 11.6 Å². The van der Waals surface area contributed by atoms with Gasteiger partial charge in [-0.1, -0.05) is 23.7 Å². The minimum Gasteiger partial charge on any atom is -0.492 e. The summed E-state index contributed by atoms with van der Waals surface area (Å²) in [5.74, 6) is -1.50. The normalized spacial score (nSPS) is 10.7. The lowest BCUT2D eigenvalue weighted by atomic mass is 10.3. The van der Waals surface area contributed by atoms with E-state index in [1.54, 1.807) is 36.2 Å². The van der Waals surface area contributed by atoms with Gasteiger partial charge in [-0.25, -0.2) is 8.78 Å². The van der Waals surface area contributed by atoms with E-state index in [1.165, 1.54) is 6.07 Å². The Hall–Kier alpha value is -2.18. The molecule has 0 aromatic heterocycles. The zero-order valence-electron chi connectivity index (χ0n) is 13.1. The van der Waals surface area contributed by atoms with Crippen molar-refractivity contribution in [2.24, 2.45) is 0 Å². The van der Waals surface area contributed by atoms with Crippen LogP contribution in [0.2, 0.25) is 5.02 Å². The first-order valence-electron chi connectivity index (χ1n) is 7.26. The predicted octanol–water partition coefficient (Wildman–Crippen LogP) is 3.57. The Labute approximate surface area is 144 Å². The van der Waals surface area contributed by atoms with Gasteiger partial charge in [-0.3, -0.25) is 9.69 Å². The van der Waals surface area contributed by atoms with Crippen molar-refractivity contribution in [3.05, 3.63) is 59.1 Å². The SMILES string of the molecule is CN(CCOc1cccc(Cl)c1)CC(=O)Nc1c(F)cccc1F. The monoisotopic (exact) mass is 354 g/mol. The van der Waals surface area contributed by atoms with E-state index < -0.39 is 23.2 Å². The van der Waals surface area contributed by atoms with Crippen molar-refractivity contribution in [1.29, 1.82) is 0 Å². The van der Waals surface area contributed by atoms with E-state index in [-0.39, 0.29) is 6.54 Å². The first kappa shape index (κ1) is 18.2. The molecule has 0 aliphatic heterocycles. The lowest BCUT2D eigenvalue weighted by molar-refractivity contribution is -0.117. The third kappa shape index (κ3) is 5.47. The van der Waals surface area contributed by atoms with E-state index in [2.05, 4.69) is 5.32 Å². The Bertz CT molecular complexity index is 692. The molecule has 0 heterocycles. The van der Waals surface area contributed by atoms with Crippen LogP contribution in [0.4, 0.5) is 14.5 Å². The molecule has 0 saturated heterocycles. The Morgan fingerprint density at radius 1 is 1.21 bits per heavy atom. The molecule has 0 aliphatic rings. The number of hydrogen-bond donors (Lipinski definition) is 1. The molecule has 24 heavy (non-hydrogen) atoms. The zero-order valence-corrected chi connectivity index (χ0v) is 13.8. The third-order valence-corrected chi connectivity index (χ3v) is 3.41. The molecule has 2 aromatic carbocycles. The number of halogens is 3. The van der Waals surface area contributed by atoms with Crippen molar-refractivity contribution in [2.75, 3.05) is 32.1 Å². The van der Waals surface area contributed by atoms with Crippen molar-refractivity contribution in [3.8, 4) is 5.75 Å². The van der Waals surface area contributed by atoms with Crippen LogP contribution >= 0.6 is 11.6 Å². The quantitative estimate of drug-likeness (QED) is 0.826. The molecule has 0 fully saturated rings. The fourth-order valence-electron chi connectivity index (χ4n) is 2.00. The van der Waals surface area contributed by atoms with Crippen LogP contribution in [-0.2, 0) is 4.79 Å². The highest BCUT2D eigenvalue weighted by atomic mass is 35.5. The lowest BCUT2D eigenvalue weighted by Crippen LogP contribution is -2.33. The van der Waals surface area contributed by atoms with Crippen LogP contribution in [-0.4, -0.2) is 37.6 Å². The standard InChI is InChI=1S/C17H17ClF2N2O2/c1-22(8-9-24-13-5-2-4-12(18)10-13)11-16(23)21-17-14(19)6-3-7-15(17)20/h2-7,10H,8-9,11H2,1H3,(H,21,23). The second-order valence-corrected chi connectivity index (χ2v) is 5.62. The first-order chi connectivity index (χ1) is 11.5. The van der Waals surface area contributed by atoms with Gasteiger partial charge >= 0.3 is 0 Å². The first-order valence-corrected chi connectivity index (χ1v) is 7.64. The number of carbonyl (C=O) groups excluding carboxylic acids is 1. The van der Waals surface area contributed by atoms with Crippen LogP contribution in [0.3, 0.4) is 0 Å². The summed E-state index contributed by atoms with van der Waals surface area (Å²) >= 11 is 5.85. The summed E-state index contributed by atoms with van der Waals surface area (Å²) < 4.78 is 32.5. The average Bonchev–Trinajstić information content (AvgIpc) is 2.51. The molecular weight excluding hydrogens is 338 g/mol. The molecule has 7 heteroatoms. The summed E-state index contributed by atoms with van der Waals surface area (Å²) in [5.41, 5.74) is -0.439. The zero-order chi connectivity index (χ0) is 17.5. The van der Waals surface area contributed by atoms with E-state index in [4.69, 9.17) is 16.3 Å². The number of carbonyl (C=O) groups is 1. The van der Waals surface area contributed by atoms with Crippen molar-refractivity contribution in [1.82, 2.24) is 4.90 Å². The maximum Gasteiger partial charge on any atom is 0.238 e. The smallest absolute Gasteiger partial charge is 0.238 e. The molecule has 128 valence electrons. The molecule has 0 aliphatic carbocycles. The second-order valence-electron chi connectivity index (χ2n) is 5.19. The summed E-state index contributed by atoms with van der Waals surface area (Å²) in [6, 6.07) is 10.4. The number of anilines is 1. The summed E-state index contributed by atoms with van der Waals surface area (Å²) in [6.45, 7) is 0.782. The van der Waals surface area contributed by atoms with E-state index >= 15 is 0 Å². The minimum absolute atomic E-state index is 0.0212. The molecule has 0 spiro atoms. The summed E-state index contributed by atoms with van der Waals surface area (Å²) in [7, 11) is 1.71. The van der Waals surface area contributed by atoms with E-state index in [0.29, 0.717) is 23.9 Å². The van der Waals surface area contributed by atoms with E-state index in [9.17, 15) is 13.6 Å². The van der Waals surface area contributed by atoms with E-state index in [0.717, 1.165) is 12.1 Å².